The van der Waals surface area contributed by atoms with Crippen molar-refractivity contribution in [1.82, 2.24) is 0 Å². The lowest BCUT2D eigenvalue weighted by molar-refractivity contribution is -0.131. The molecule has 0 unspecified atom stereocenters. The van der Waals surface area contributed by atoms with Gasteiger partial charge in [0.25, 0.3) is 0 Å². The van der Waals surface area contributed by atoms with Crippen LogP contribution < -0.4 is 9.47 Å². The second-order valence-electron chi connectivity index (χ2n) is 5.42. The van der Waals surface area contributed by atoms with Gasteiger partial charge < -0.3 is 13.9 Å². The first kappa shape index (κ1) is 15.9. The second kappa shape index (κ2) is 6.62. The van der Waals surface area contributed by atoms with Gasteiger partial charge in [-0.15, -0.1) is 0 Å². The third-order valence-electron chi connectivity index (χ3n) is 3.75. The highest BCUT2D eigenvalue weighted by atomic mass is 16.5. The number of carbonyl (C=O) groups excluding carboxylic acids is 1. The Morgan fingerprint density at radius 3 is 2.50 bits per heavy atom. The lowest BCUT2D eigenvalue weighted by Gasteiger charge is -2.02. The topological polar surface area (TPSA) is 48.7 Å². The molecule has 0 saturated heterocycles. The normalized spacial score (nSPS) is 11.1. The number of furan rings is 1. The molecule has 0 atom stereocenters. The van der Waals surface area contributed by atoms with Gasteiger partial charge in [0.2, 0.25) is 0 Å². The summed E-state index contributed by atoms with van der Waals surface area (Å²) in [5.41, 5.74) is 2.67. The fourth-order valence-electron chi connectivity index (χ4n) is 2.57. The van der Waals surface area contributed by atoms with Crippen molar-refractivity contribution in [3.05, 3.63) is 59.4 Å². The Hall–Kier alpha value is -3.01. The highest BCUT2D eigenvalue weighted by Crippen LogP contribution is 2.34. The Bertz CT molecular complexity index is 901. The largest absolute Gasteiger partial charge is 0.497 e. The molecule has 0 spiro atoms. The van der Waals surface area contributed by atoms with E-state index in [-0.39, 0.29) is 5.97 Å². The molecule has 3 aromatic rings. The molecule has 1 aromatic heterocycles. The fraction of sp³-hybridized carbons (Fsp3) is 0.150. The minimum atomic E-state index is -0.349. The summed E-state index contributed by atoms with van der Waals surface area (Å²) in [6.07, 6.45) is 3.88. The van der Waals surface area contributed by atoms with Crippen LogP contribution in [0.3, 0.4) is 0 Å². The summed E-state index contributed by atoms with van der Waals surface area (Å²) in [5.74, 6) is 1.72. The minimum Gasteiger partial charge on any atom is -0.497 e. The van der Waals surface area contributed by atoms with E-state index in [1.54, 1.807) is 19.2 Å². The van der Waals surface area contributed by atoms with Crippen molar-refractivity contribution >= 4 is 29.1 Å². The van der Waals surface area contributed by atoms with E-state index in [1.807, 2.05) is 49.4 Å². The van der Waals surface area contributed by atoms with Crippen molar-refractivity contribution in [2.24, 2.45) is 0 Å². The smallest absolute Gasteiger partial charge is 0.308 e. The third-order valence-corrected chi connectivity index (χ3v) is 3.75. The molecule has 0 aliphatic heterocycles. The quantitative estimate of drug-likeness (QED) is 0.509. The van der Waals surface area contributed by atoms with Crippen molar-refractivity contribution in [2.75, 3.05) is 7.11 Å². The molecular formula is C20H18O4. The van der Waals surface area contributed by atoms with Crippen molar-refractivity contribution in [1.29, 1.82) is 0 Å². The molecule has 4 heteroatoms. The van der Waals surface area contributed by atoms with Crippen LogP contribution >= 0.6 is 0 Å². The standard InChI is InChI=1S/C20H18O4/c1-13-17(12-9-15-7-10-16(22-3)11-8-15)24-19-6-4-5-18(20(13)19)23-14(2)21/h4-12H,1-3H3/b12-9+. The van der Waals surface area contributed by atoms with Crippen LogP contribution in [0.5, 0.6) is 11.5 Å². The van der Waals surface area contributed by atoms with Crippen LogP contribution in [0.25, 0.3) is 23.1 Å². The number of aryl methyl sites for hydroxylation is 1. The summed E-state index contributed by atoms with van der Waals surface area (Å²) < 4.78 is 16.3. The number of carbonyl (C=O) groups is 1. The molecular weight excluding hydrogens is 304 g/mol. The average molecular weight is 322 g/mol. The van der Waals surface area contributed by atoms with Crippen LogP contribution in [0.1, 0.15) is 23.8 Å². The van der Waals surface area contributed by atoms with E-state index >= 15 is 0 Å². The Morgan fingerprint density at radius 2 is 1.83 bits per heavy atom. The summed E-state index contributed by atoms with van der Waals surface area (Å²) in [7, 11) is 1.64. The van der Waals surface area contributed by atoms with Gasteiger partial charge in [-0.05, 0) is 42.8 Å². The van der Waals surface area contributed by atoms with Crippen LogP contribution in [0.2, 0.25) is 0 Å². The molecule has 0 bridgehead atoms. The van der Waals surface area contributed by atoms with Crippen molar-refractivity contribution in [2.45, 2.75) is 13.8 Å². The summed E-state index contributed by atoms with van der Waals surface area (Å²) in [5, 5.41) is 0.821. The van der Waals surface area contributed by atoms with E-state index in [4.69, 9.17) is 13.9 Å². The van der Waals surface area contributed by atoms with Gasteiger partial charge in [0.1, 0.15) is 22.8 Å². The lowest BCUT2D eigenvalue weighted by atomic mass is 10.1. The summed E-state index contributed by atoms with van der Waals surface area (Å²) in [4.78, 5) is 11.3. The average Bonchev–Trinajstić information content (AvgIpc) is 2.90. The monoisotopic (exact) mass is 322 g/mol. The van der Waals surface area contributed by atoms with Crippen molar-refractivity contribution in [3.63, 3.8) is 0 Å². The van der Waals surface area contributed by atoms with Crippen LogP contribution in [-0.4, -0.2) is 13.1 Å². The predicted molar refractivity (Wildman–Crippen MR) is 94.2 cm³/mol. The molecule has 0 aliphatic carbocycles. The molecule has 0 radical (unpaired) electrons. The summed E-state index contributed by atoms with van der Waals surface area (Å²) in [6, 6.07) is 13.2. The summed E-state index contributed by atoms with van der Waals surface area (Å²) >= 11 is 0. The predicted octanol–water partition coefficient (Wildman–Crippen LogP) is 4.85. The maximum absolute atomic E-state index is 11.3. The molecule has 0 N–H and O–H groups in total. The van der Waals surface area contributed by atoms with Gasteiger partial charge in [0, 0.05) is 12.5 Å². The highest BCUT2D eigenvalue weighted by Gasteiger charge is 2.14. The Labute approximate surface area is 140 Å². The molecule has 4 nitrogen and oxygen atoms in total. The van der Waals surface area contributed by atoms with Crippen molar-refractivity contribution < 1.29 is 18.7 Å². The molecule has 3 rings (SSSR count). The Morgan fingerprint density at radius 1 is 1.08 bits per heavy atom. The van der Waals surface area contributed by atoms with Gasteiger partial charge >= 0.3 is 5.97 Å². The first-order valence-corrected chi connectivity index (χ1v) is 7.61. The molecule has 0 fully saturated rings. The third kappa shape index (κ3) is 3.18. The number of fused-ring (bicyclic) bond motifs is 1. The van der Waals surface area contributed by atoms with Gasteiger partial charge in [-0.1, -0.05) is 24.3 Å². The minimum absolute atomic E-state index is 0.349. The Balaban J connectivity index is 1.96. The van der Waals surface area contributed by atoms with E-state index in [2.05, 4.69) is 0 Å². The molecule has 2 aromatic carbocycles. The molecule has 0 aliphatic rings. The maximum atomic E-state index is 11.3. The van der Waals surface area contributed by atoms with Crippen LogP contribution in [-0.2, 0) is 4.79 Å². The SMILES string of the molecule is COc1ccc(/C=C/c2oc3cccc(OC(C)=O)c3c2C)cc1. The van der Waals surface area contributed by atoms with E-state index in [9.17, 15) is 4.79 Å². The van der Waals surface area contributed by atoms with Crippen LogP contribution in [0, 0.1) is 6.92 Å². The van der Waals surface area contributed by atoms with E-state index in [1.165, 1.54) is 6.92 Å². The number of ether oxygens (including phenoxy) is 2. The number of methoxy groups -OCH3 is 1. The zero-order chi connectivity index (χ0) is 17.1. The molecule has 24 heavy (non-hydrogen) atoms. The van der Waals surface area contributed by atoms with Crippen molar-refractivity contribution in [3.8, 4) is 11.5 Å². The van der Waals surface area contributed by atoms with E-state index in [0.717, 1.165) is 28.0 Å². The zero-order valence-corrected chi connectivity index (χ0v) is 13.8. The van der Waals surface area contributed by atoms with E-state index < -0.39 is 0 Å². The summed E-state index contributed by atoms with van der Waals surface area (Å²) in [6.45, 7) is 3.34. The molecule has 0 amide bonds. The highest BCUT2D eigenvalue weighted by molar-refractivity contribution is 5.92. The van der Waals surface area contributed by atoms with Gasteiger partial charge in [-0.3, -0.25) is 4.79 Å². The second-order valence-corrected chi connectivity index (χ2v) is 5.42. The van der Waals surface area contributed by atoms with Gasteiger partial charge in [0.15, 0.2) is 0 Å². The first-order chi connectivity index (χ1) is 11.6. The zero-order valence-electron chi connectivity index (χ0n) is 13.8. The van der Waals surface area contributed by atoms with Gasteiger partial charge in [0.05, 0.1) is 12.5 Å². The number of hydrogen-bond acceptors (Lipinski definition) is 4. The fourth-order valence-corrected chi connectivity index (χ4v) is 2.57. The molecule has 1 heterocycles. The van der Waals surface area contributed by atoms with Crippen LogP contribution in [0.4, 0.5) is 0 Å². The number of rotatable bonds is 4. The number of hydrogen-bond donors (Lipinski definition) is 0. The number of esters is 1. The first-order valence-electron chi connectivity index (χ1n) is 7.61. The van der Waals surface area contributed by atoms with Gasteiger partial charge in [-0.25, -0.2) is 0 Å². The van der Waals surface area contributed by atoms with E-state index in [0.29, 0.717) is 11.3 Å². The molecule has 0 saturated carbocycles. The van der Waals surface area contributed by atoms with Crippen LogP contribution in [0.15, 0.2) is 46.9 Å². The lowest BCUT2D eigenvalue weighted by Crippen LogP contribution is -2.01. The maximum Gasteiger partial charge on any atom is 0.308 e. The Kier molecular flexibility index (Phi) is 4.38. The molecule has 122 valence electrons. The number of benzene rings is 2. The van der Waals surface area contributed by atoms with Gasteiger partial charge in [-0.2, -0.15) is 0 Å².